The smallest absolute Gasteiger partial charge is 0.269 e. The van der Waals surface area contributed by atoms with Crippen LogP contribution in [0.15, 0.2) is 71.6 Å². The lowest BCUT2D eigenvalue weighted by Gasteiger charge is -2.12. The van der Waals surface area contributed by atoms with Gasteiger partial charge in [0, 0.05) is 18.2 Å². The van der Waals surface area contributed by atoms with Crippen LogP contribution < -0.4 is 9.46 Å². The van der Waals surface area contributed by atoms with Crippen LogP contribution in [-0.4, -0.2) is 20.5 Å². The molecule has 3 rings (SSSR count). The molecule has 0 radical (unpaired) electrons. The Balaban J connectivity index is 1.83. The topological polar surface area (TPSA) is 98.5 Å². The van der Waals surface area contributed by atoms with E-state index in [2.05, 4.69) is 4.72 Å². The highest BCUT2D eigenvalue weighted by Crippen LogP contribution is 2.28. The Morgan fingerprint density at radius 1 is 1.03 bits per heavy atom. The Kier molecular flexibility index (Phi) is 5.79. The molecule has 0 spiro atoms. The molecule has 0 atom stereocenters. The van der Waals surface area contributed by atoms with Gasteiger partial charge in [-0.3, -0.25) is 14.8 Å². The van der Waals surface area contributed by atoms with E-state index >= 15 is 0 Å². The second-order valence-corrected chi connectivity index (χ2v) is 7.88. The maximum absolute atomic E-state index is 13.3. The van der Waals surface area contributed by atoms with Gasteiger partial charge >= 0.3 is 0 Å². The van der Waals surface area contributed by atoms with Crippen molar-refractivity contribution in [2.45, 2.75) is 11.3 Å². The highest BCUT2D eigenvalue weighted by atomic mass is 32.2. The fourth-order valence-electron chi connectivity index (χ4n) is 2.75. The second-order valence-electron chi connectivity index (χ2n) is 6.20. The number of sulfonamides is 1. The zero-order valence-corrected chi connectivity index (χ0v) is 16.1. The van der Waals surface area contributed by atoms with Crippen molar-refractivity contribution in [3.05, 3.63) is 93.8 Å². The number of benzene rings is 3. The Morgan fingerprint density at radius 3 is 2.41 bits per heavy atom. The van der Waals surface area contributed by atoms with E-state index in [1.807, 2.05) is 0 Å². The van der Waals surface area contributed by atoms with Crippen molar-refractivity contribution in [3.8, 4) is 5.75 Å². The molecule has 0 aliphatic heterocycles. The average Bonchev–Trinajstić information content (AvgIpc) is 2.70. The quantitative estimate of drug-likeness (QED) is 0.461. The number of anilines is 1. The number of methoxy groups -OCH3 is 1. The van der Waals surface area contributed by atoms with Crippen LogP contribution in [0, 0.1) is 15.9 Å². The van der Waals surface area contributed by atoms with Crippen LogP contribution >= 0.6 is 0 Å². The molecule has 7 nitrogen and oxygen atoms in total. The first-order valence-electron chi connectivity index (χ1n) is 8.47. The minimum atomic E-state index is -3.93. The van der Waals surface area contributed by atoms with Crippen molar-refractivity contribution in [1.29, 1.82) is 0 Å². The van der Waals surface area contributed by atoms with Gasteiger partial charge in [0.25, 0.3) is 15.7 Å². The molecule has 0 fully saturated rings. The van der Waals surface area contributed by atoms with Gasteiger partial charge in [0.2, 0.25) is 0 Å². The molecule has 9 heteroatoms. The van der Waals surface area contributed by atoms with Crippen molar-refractivity contribution < 1.29 is 22.5 Å². The first-order valence-corrected chi connectivity index (χ1v) is 9.95. The highest BCUT2D eigenvalue weighted by Gasteiger charge is 2.17. The van der Waals surface area contributed by atoms with Crippen LogP contribution in [0.3, 0.4) is 0 Å². The number of hydrogen-bond donors (Lipinski definition) is 1. The SMILES string of the molecule is COc1cc(F)ccc1NS(=O)(=O)c1cccc(Cc2ccc([N+](=O)[O-])cc2)c1. The van der Waals surface area contributed by atoms with E-state index < -0.39 is 20.8 Å². The number of non-ortho nitro benzene ring substituents is 1. The summed E-state index contributed by atoms with van der Waals surface area (Å²) in [5, 5.41) is 10.7. The monoisotopic (exact) mass is 416 g/mol. The molecule has 0 bridgehead atoms. The summed E-state index contributed by atoms with van der Waals surface area (Å²) in [5.74, 6) is -0.481. The zero-order chi connectivity index (χ0) is 21.0. The fourth-order valence-corrected chi connectivity index (χ4v) is 3.89. The maximum Gasteiger partial charge on any atom is 0.269 e. The minimum absolute atomic E-state index is 0.0116. The van der Waals surface area contributed by atoms with Crippen molar-refractivity contribution in [2.75, 3.05) is 11.8 Å². The van der Waals surface area contributed by atoms with Gasteiger partial charge < -0.3 is 4.74 Å². The summed E-state index contributed by atoms with van der Waals surface area (Å²) in [6, 6.07) is 15.9. The maximum atomic E-state index is 13.3. The third-order valence-corrected chi connectivity index (χ3v) is 5.54. The van der Waals surface area contributed by atoms with Crippen LogP contribution in [0.1, 0.15) is 11.1 Å². The predicted octanol–water partition coefficient (Wildman–Crippen LogP) is 4.13. The summed E-state index contributed by atoms with van der Waals surface area (Å²) < 4.78 is 46.2. The van der Waals surface area contributed by atoms with Gasteiger partial charge in [-0.1, -0.05) is 24.3 Å². The molecule has 0 amide bonds. The molecular formula is C20H17FN2O5S. The summed E-state index contributed by atoms with van der Waals surface area (Å²) in [5.41, 5.74) is 1.63. The van der Waals surface area contributed by atoms with Gasteiger partial charge in [-0.2, -0.15) is 0 Å². The Labute approximate surface area is 167 Å². The molecule has 0 saturated carbocycles. The standard InChI is InChI=1S/C20H17FN2O5S/c1-28-20-13-16(21)7-10-19(20)22-29(26,27)18-4-2-3-15(12-18)11-14-5-8-17(9-6-14)23(24)25/h2-10,12-13,22H,11H2,1H3. The molecule has 3 aromatic rings. The Morgan fingerprint density at radius 2 is 1.76 bits per heavy atom. The lowest BCUT2D eigenvalue weighted by molar-refractivity contribution is -0.384. The number of ether oxygens (including phenoxy) is 1. The van der Waals surface area contributed by atoms with E-state index in [1.54, 1.807) is 24.3 Å². The third kappa shape index (κ3) is 4.88. The van der Waals surface area contributed by atoms with Gasteiger partial charge in [-0.15, -0.1) is 0 Å². The van der Waals surface area contributed by atoms with Crippen molar-refractivity contribution in [2.24, 2.45) is 0 Å². The fraction of sp³-hybridized carbons (Fsp3) is 0.100. The van der Waals surface area contributed by atoms with Gasteiger partial charge in [-0.25, -0.2) is 12.8 Å². The van der Waals surface area contributed by atoms with Crippen molar-refractivity contribution in [3.63, 3.8) is 0 Å². The van der Waals surface area contributed by atoms with E-state index in [-0.39, 0.29) is 22.0 Å². The van der Waals surface area contributed by atoms with Crippen LogP contribution in [0.2, 0.25) is 0 Å². The van der Waals surface area contributed by atoms with Crippen LogP contribution in [0.5, 0.6) is 5.75 Å². The number of nitro groups is 1. The summed E-state index contributed by atoms with van der Waals surface area (Å²) >= 11 is 0. The zero-order valence-electron chi connectivity index (χ0n) is 15.3. The number of halogens is 1. The molecule has 0 saturated heterocycles. The van der Waals surface area contributed by atoms with Gasteiger partial charge in [0.05, 0.1) is 22.6 Å². The third-order valence-electron chi connectivity index (χ3n) is 4.17. The molecule has 0 aliphatic carbocycles. The van der Waals surface area contributed by atoms with E-state index in [0.717, 1.165) is 17.7 Å². The molecule has 0 heterocycles. The average molecular weight is 416 g/mol. The van der Waals surface area contributed by atoms with Crippen LogP contribution in [-0.2, 0) is 16.4 Å². The molecule has 150 valence electrons. The normalized spacial score (nSPS) is 11.1. The largest absolute Gasteiger partial charge is 0.494 e. The molecule has 0 unspecified atom stereocenters. The first kappa shape index (κ1) is 20.3. The number of hydrogen-bond acceptors (Lipinski definition) is 5. The number of nitro benzene ring substituents is 1. The Hall–Kier alpha value is -3.46. The summed E-state index contributed by atoms with van der Waals surface area (Å²) in [6.45, 7) is 0. The van der Waals surface area contributed by atoms with E-state index in [4.69, 9.17) is 4.74 Å². The lowest BCUT2D eigenvalue weighted by Crippen LogP contribution is -2.14. The predicted molar refractivity (Wildman–Crippen MR) is 106 cm³/mol. The highest BCUT2D eigenvalue weighted by molar-refractivity contribution is 7.92. The lowest BCUT2D eigenvalue weighted by atomic mass is 10.0. The molecule has 0 aliphatic rings. The summed E-state index contributed by atoms with van der Waals surface area (Å²) in [6.07, 6.45) is 0.404. The number of nitrogens with one attached hydrogen (secondary N) is 1. The van der Waals surface area contributed by atoms with E-state index in [9.17, 15) is 22.9 Å². The molecule has 29 heavy (non-hydrogen) atoms. The van der Waals surface area contributed by atoms with Crippen LogP contribution in [0.25, 0.3) is 0 Å². The summed E-state index contributed by atoms with van der Waals surface area (Å²) in [7, 11) is -2.62. The van der Waals surface area contributed by atoms with Crippen molar-refractivity contribution in [1.82, 2.24) is 0 Å². The van der Waals surface area contributed by atoms with E-state index in [0.29, 0.717) is 12.0 Å². The molecule has 1 N–H and O–H groups in total. The number of rotatable bonds is 7. The molecule has 0 aromatic heterocycles. The van der Waals surface area contributed by atoms with Gasteiger partial charge in [0.1, 0.15) is 11.6 Å². The van der Waals surface area contributed by atoms with Gasteiger partial charge in [-0.05, 0) is 41.8 Å². The Bertz CT molecular complexity index is 1150. The summed E-state index contributed by atoms with van der Waals surface area (Å²) in [4.78, 5) is 10.3. The molecule has 3 aromatic carbocycles. The second kappa shape index (κ2) is 8.27. The van der Waals surface area contributed by atoms with E-state index in [1.165, 1.54) is 37.4 Å². The van der Waals surface area contributed by atoms with Gasteiger partial charge in [0.15, 0.2) is 0 Å². The molecular weight excluding hydrogens is 399 g/mol. The number of nitrogens with zero attached hydrogens (tertiary/aromatic N) is 1. The van der Waals surface area contributed by atoms with Crippen molar-refractivity contribution >= 4 is 21.4 Å². The minimum Gasteiger partial charge on any atom is -0.494 e. The first-order chi connectivity index (χ1) is 13.8. The van der Waals surface area contributed by atoms with Crippen LogP contribution in [0.4, 0.5) is 15.8 Å².